The summed E-state index contributed by atoms with van der Waals surface area (Å²) in [5, 5.41) is 0.554. The SMILES string of the molecule is Cc1c(S(=O)(=O)N2C[C@H](F)C[C@H]2C(N)=O)c2ccccc2n1C. The lowest BCUT2D eigenvalue weighted by Gasteiger charge is -2.21. The Morgan fingerprint density at radius 2 is 2.00 bits per heavy atom. The van der Waals surface area contributed by atoms with E-state index in [0.29, 0.717) is 11.1 Å². The molecule has 0 spiro atoms. The largest absolute Gasteiger partial charge is 0.368 e. The maximum atomic E-state index is 13.7. The Morgan fingerprint density at radius 3 is 2.65 bits per heavy atom. The molecule has 0 saturated carbocycles. The monoisotopic (exact) mass is 339 g/mol. The van der Waals surface area contributed by atoms with Gasteiger partial charge in [-0.05, 0) is 13.0 Å². The third-order valence-electron chi connectivity index (χ3n) is 4.44. The number of nitrogens with two attached hydrogens (primary N) is 1. The molecule has 3 rings (SSSR count). The summed E-state index contributed by atoms with van der Waals surface area (Å²) in [6.07, 6.45) is -1.59. The first kappa shape index (κ1) is 15.9. The molecule has 2 N–H and O–H groups in total. The number of fused-ring (bicyclic) bond motifs is 1. The van der Waals surface area contributed by atoms with Crippen LogP contribution < -0.4 is 5.73 Å². The summed E-state index contributed by atoms with van der Waals surface area (Å²) in [6.45, 7) is 1.34. The Labute approximate surface area is 133 Å². The van der Waals surface area contributed by atoms with E-state index in [2.05, 4.69) is 0 Å². The van der Waals surface area contributed by atoms with Crippen LogP contribution >= 0.6 is 0 Å². The number of hydrogen-bond donors (Lipinski definition) is 1. The van der Waals surface area contributed by atoms with Gasteiger partial charge in [-0.3, -0.25) is 4.79 Å². The van der Waals surface area contributed by atoms with E-state index in [1.165, 1.54) is 0 Å². The second-order valence-corrected chi connectivity index (χ2v) is 7.64. The second-order valence-electron chi connectivity index (χ2n) is 5.82. The zero-order valence-electron chi connectivity index (χ0n) is 12.9. The van der Waals surface area contributed by atoms with Gasteiger partial charge in [0.1, 0.15) is 17.1 Å². The molecule has 0 unspecified atom stereocenters. The number of aromatic nitrogens is 1. The molecule has 1 amide bonds. The van der Waals surface area contributed by atoms with Gasteiger partial charge in [0.2, 0.25) is 15.9 Å². The molecule has 23 heavy (non-hydrogen) atoms. The third-order valence-corrected chi connectivity index (χ3v) is 6.49. The molecule has 8 heteroatoms. The van der Waals surface area contributed by atoms with Crippen molar-refractivity contribution in [2.75, 3.05) is 6.54 Å². The average Bonchev–Trinajstić information content (AvgIpc) is 3.00. The van der Waals surface area contributed by atoms with E-state index < -0.39 is 28.1 Å². The minimum Gasteiger partial charge on any atom is -0.368 e. The van der Waals surface area contributed by atoms with Gasteiger partial charge in [-0.2, -0.15) is 4.31 Å². The zero-order chi connectivity index (χ0) is 16.9. The number of carbonyl (C=O) groups is 1. The van der Waals surface area contributed by atoms with Crippen LogP contribution in [0, 0.1) is 6.92 Å². The molecule has 2 atom stereocenters. The van der Waals surface area contributed by atoms with Crippen LogP contribution in [0.1, 0.15) is 12.1 Å². The molecule has 1 fully saturated rings. The Bertz CT molecular complexity index is 891. The molecular weight excluding hydrogens is 321 g/mol. The molecule has 2 aromatic rings. The van der Waals surface area contributed by atoms with Crippen LogP contribution in [0.5, 0.6) is 0 Å². The quantitative estimate of drug-likeness (QED) is 0.908. The van der Waals surface area contributed by atoms with Crippen LogP contribution in [-0.4, -0.2) is 42.0 Å². The van der Waals surface area contributed by atoms with Crippen molar-refractivity contribution in [3.8, 4) is 0 Å². The molecule has 1 aliphatic rings. The van der Waals surface area contributed by atoms with Crippen LogP contribution in [0.2, 0.25) is 0 Å². The summed E-state index contributed by atoms with van der Waals surface area (Å²) in [7, 11) is -2.26. The summed E-state index contributed by atoms with van der Waals surface area (Å²) >= 11 is 0. The lowest BCUT2D eigenvalue weighted by Crippen LogP contribution is -2.43. The van der Waals surface area contributed by atoms with Crippen LogP contribution in [0.4, 0.5) is 4.39 Å². The highest BCUT2D eigenvalue weighted by Crippen LogP contribution is 2.34. The molecule has 1 aromatic carbocycles. The van der Waals surface area contributed by atoms with Crippen molar-refractivity contribution < 1.29 is 17.6 Å². The number of nitrogens with zero attached hydrogens (tertiary/aromatic N) is 2. The number of sulfonamides is 1. The number of para-hydroxylation sites is 1. The van der Waals surface area contributed by atoms with Crippen molar-refractivity contribution >= 4 is 26.8 Å². The van der Waals surface area contributed by atoms with Crippen LogP contribution in [0.15, 0.2) is 29.2 Å². The standard InChI is InChI=1S/C15H18FN3O3S/c1-9-14(11-5-3-4-6-12(11)18(9)2)23(21,22)19-8-10(16)7-13(19)15(17)20/h3-6,10,13H,7-8H2,1-2H3,(H2,17,20)/t10-,13+/m1/s1. The van der Waals surface area contributed by atoms with Gasteiger partial charge in [-0.25, -0.2) is 12.8 Å². The Hall–Kier alpha value is -1.93. The number of primary amides is 1. The van der Waals surface area contributed by atoms with Crippen LogP contribution in [0.3, 0.4) is 0 Å². The predicted octanol–water partition coefficient (Wildman–Crippen LogP) is 1.07. The van der Waals surface area contributed by atoms with Crippen molar-refractivity contribution in [2.24, 2.45) is 12.8 Å². The number of rotatable bonds is 3. The normalized spacial score (nSPS) is 22.7. The lowest BCUT2D eigenvalue weighted by molar-refractivity contribution is -0.121. The van der Waals surface area contributed by atoms with Crippen molar-refractivity contribution in [1.82, 2.24) is 8.87 Å². The first-order chi connectivity index (χ1) is 10.7. The van der Waals surface area contributed by atoms with E-state index in [9.17, 15) is 17.6 Å². The third kappa shape index (κ3) is 2.33. The molecule has 0 bridgehead atoms. The number of alkyl halides is 1. The maximum Gasteiger partial charge on any atom is 0.246 e. The van der Waals surface area contributed by atoms with Gasteiger partial charge in [0.15, 0.2) is 0 Å². The fourth-order valence-corrected chi connectivity index (χ4v) is 5.29. The van der Waals surface area contributed by atoms with Crippen molar-refractivity contribution in [3.05, 3.63) is 30.0 Å². The van der Waals surface area contributed by atoms with Gasteiger partial charge in [0.25, 0.3) is 0 Å². The topological polar surface area (TPSA) is 85.4 Å². The molecule has 0 aliphatic carbocycles. The van der Waals surface area contributed by atoms with Crippen molar-refractivity contribution in [3.63, 3.8) is 0 Å². The number of benzene rings is 1. The first-order valence-electron chi connectivity index (χ1n) is 7.24. The fourth-order valence-electron chi connectivity index (χ4n) is 3.21. The van der Waals surface area contributed by atoms with Gasteiger partial charge < -0.3 is 10.3 Å². The molecule has 1 saturated heterocycles. The number of halogens is 1. The van der Waals surface area contributed by atoms with Crippen LogP contribution in [-0.2, 0) is 21.9 Å². The van der Waals surface area contributed by atoms with Crippen molar-refractivity contribution in [2.45, 2.75) is 30.5 Å². The highest BCUT2D eigenvalue weighted by Gasteiger charge is 2.44. The molecule has 124 valence electrons. The molecule has 1 aliphatic heterocycles. The zero-order valence-corrected chi connectivity index (χ0v) is 13.7. The molecule has 1 aromatic heterocycles. The summed E-state index contributed by atoms with van der Waals surface area (Å²) in [5.41, 5.74) is 6.56. The average molecular weight is 339 g/mol. The van der Waals surface area contributed by atoms with E-state index in [-0.39, 0.29) is 17.9 Å². The van der Waals surface area contributed by atoms with Crippen LogP contribution in [0.25, 0.3) is 10.9 Å². The Kier molecular flexibility index (Phi) is 3.68. The van der Waals surface area contributed by atoms with Gasteiger partial charge in [-0.1, -0.05) is 18.2 Å². The Balaban J connectivity index is 2.21. The summed E-state index contributed by atoms with van der Waals surface area (Å²) in [5.74, 6) is -0.827. The predicted molar refractivity (Wildman–Crippen MR) is 84.0 cm³/mol. The van der Waals surface area contributed by atoms with E-state index in [0.717, 1.165) is 9.82 Å². The van der Waals surface area contributed by atoms with Gasteiger partial charge in [-0.15, -0.1) is 0 Å². The van der Waals surface area contributed by atoms with Crippen molar-refractivity contribution in [1.29, 1.82) is 0 Å². The number of carbonyl (C=O) groups excluding carboxylic acids is 1. The molecular formula is C15H18FN3O3S. The summed E-state index contributed by atoms with van der Waals surface area (Å²) in [4.78, 5) is 11.6. The maximum absolute atomic E-state index is 13.7. The minimum atomic E-state index is -4.03. The molecule has 2 heterocycles. The highest BCUT2D eigenvalue weighted by molar-refractivity contribution is 7.89. The smallest absolute Gasteiger partial charge is 0.246 e. The molecule has 0 radical (unpaired) electrons. The summed E-state index contributed by atoms with van der Waals surface area (Å²) < 4.78 is 42.6. The van der Waals surface area contributed by atoms with Gasteiger partial charge >= 0.3 is 0 Å². The van der Waals surface area contributed by atoms with Gasteiger partial charge in [0, 0.05) is 36.6 Å². The number of amides is 1. The first-order valence-corrected chi connectivity index (χ1v) is 8.68. The fraction of sp³-hybridized carbons (Fsp3) is 0.400. The highest BCUT2D eigenvalue weighted by atomic mass is 32.2. The summed E-state index contributed by atoms with van der Waals surface area (Å²) in [6, 6.07) is 5.94. The number of hydrogen-bond acceptors (Lipinski definition) is 3. The number of aryl methyl sites for hydroxylation is 1. The molecule has 6 nitrogen and oxygen atoms in total. The minimum absolute atomic E-state index is 0.107. The van der Waals surface area contributed by atoms with E-state index in [1.54, 1.807) is 30.7 Å². The lowest BCUT2D eigenvalue weighted by atomic mass is 10.2. The van der Waals surface area contributed by atoms with E-state index in [1.807, 2.05) is 12.1 Å². The Morgan fingerprint density at radius 1 is 1.35 bits per heavy atom. The van der Waals surface area contributed by atoms with E-state index >= 15 is 0 Å². The van der Waals surface area contributed by atoms with E-state index in [4.69, 9.17) is 5.73 Å². The second kappa shape index (κ2) is 5.31. The van der Waals surface area contributed by atoms with Gasteiger partial charge in [0.05, 0.1) is 0 Å².